The van der Waals surface area contributed by atoms with Gasteiger partial charge in [0.15, 0.2) is 0 Å². The zero-order valence-electron chi connectivity index (χ0n) is 25.3. The molecule has 0 bridgehead atoms. The fourth-order valence-electron chi connectivity index (χ4n) is 3.30. The Kier molecular flexibility index (Phi) is 35.0. The maximum absolute atomic E-state index is 11.7. The van der Waals surface area contributed by atoms with Crippen LogP contribution in [-0.2, 0) is 48.9 Å². The highest BCUT2D eigenvalue weighted by atomic mass is 32.2. The zero-order chi connectivity index (χ0) is 32.4. The maximum Gasteiger partial charge on any atom is 0.329 e. The highest BCUT2D eigenvalue weighted by molar-refractivity contribution is 7.99. The van der Waals surface area contributed by atoms with Crippen LogP contribution in [0.25, 0.3) is 0 Å². The lowest BCUT2D eigenvalue weighted by molar-refractivity contribution is -0.143. The van der Waals surface area contributed by atoms with Crippen molar-refractivity contribution < 1.29 is 62.8 Å². The van der Waals surface area contributed by atoms with Crippen LogP contribution in [0.3, 0.4) is 0 Å². The second kappa shape index (κ2) is 34.7. The number of aliphatic carboxylic acids is 4. The van der Waals surface area contributed by atoms with Gasteiger partial charge in [-0.25, -0.2) is 19.2 Å². The first-order valence-corrected chi connectivity index (χ1v) is 17.4. The average molecular weight is 661 g/mol. The Labute approximate surface area is 261 Å². The molecule has 0 aliphatic carbocycles. The summed E-state index contributed by atoms with van der Waals surface area (Å²) in [6, 6.07) is 0. The fourth-order valence-corrected chi connectivity index (χ4v) is 5.58. The van der Waals surface area contributed by atoms with Crippen LogP contribution in [0.2, 0.25) is 0 Å². The van der Waals surface area contributed by atoms with E-state index in [4.69, 9.17) is 39.4 Å². The molecule has 0 atom stereocenters. The summed E-state index contributed by atoms with van der Waals surface area (Å²) in [6.07, 6.45) is 11.2. The lowest BCUT2D eigenvalue weighted by atomic mass is 10.3. The van der Waals surface area contributed by atoms with E-state index in [2.05, 4.69) is 0 Å². The predicted octanol–water partition coefficient (Wildman–Crippen LogP) is 3.54. The molecule has 254 valence electrons. The van der Waals surface area contributed by atoms with Gasteiger partial charge in [0.2, 0.25) is 0 Å². The smallest absolute Gasteiger partial charge is 0.329 e. The van der Waals surface area contributed by atoms with Gasteiger partial charge in [-0.3, -0.25) is 4.21 Å². The molecule has 0 aromatic rings. The molecule has 0 aliphatic rings. The molecule has 15 heteroatoms. The summed E-state index contributed by atoms with van der Waals surface area (Å²) in [5.41, 5.74) is 0. The van der Waals surface area contributed by atoms with Crippen molar-refractivity contribution in [3.05, 3.63) is 0 Å². The van der Waals surface area contributed by atoms with Crippen molar-refractivity contribution in [2.75, 3.05) is 75.9 Å². The minimum atomic E-state index is -0.963. The molecule has 0 fully saturated rings. The maximum atomic E-state index is 11.7. The number of ether oxygens (including phenoxy) is 4. The van der Waals surface area contributed by atoms with Gasteiger partial charge in [-0.1, -0.05) is 25.7 Å². The monoisotopic (exact) mass is 660 g/mol. The van der Waals surface area contributed by atoms with Crippen LogP contribution < -0.4 is 0 Å². The van der Waals surface area contributed by atoms with Crippen LogP contribution in [-0.4, -0.2) is 124 Å². The van der Waals surface area contributed by atoms with Crippen LogP contribution in [0.4, 0.5) is 0 Å². The summed E-state index contributed by atoms with van der Waals surface area (Å²) in [5, 5.41) is 33.5. The van der Waals surface area contributed by atoms with Gasteiger partial charge >= 0.3 is 23.9 Å². The number of carboxylic acids is 4. The van der Waals surface area contributed by atoms with Gasteiger partial charge < -0.3 is 39.4 Å². The summed E-state index contributed by atoms with van der Waals surface area (Å²) in [7, 11) is -0.819. The quantitative estimate of drug-likeness (QED) is 0.0763. The van der Waals surface area contributed by atoms with E-state index in [1.165, 1.54) is 0 Å². The highest BCUT2D eigenvalue weighted by Crippen LogP contribution is 2.10. The molecule has 0 amide bonds. The number of carboxylic acid groups (broad SMARTS) is 4. The van der Waals surface area contributed by atoms with E-state index in [1.807, 2.05) is 11.8 Å². The van der Waals surface area contributed by atoms with Gasteiger partial charge in [-0.2, -0.15) is 11.8 Å². The first-order chi connectivity index (χ1) is 20.6. The van der Waals surface area contributed by atoms with Gasteiger partial charge in [0.25, 0.3) is 0 Å². The van der Waals surface area contributed by atoms with Crippen LogP contribution in [0.5, 0.6) is 0 Å². The third-order valence-corrected chi connectivity index (χ3v) is 8.02. The van der Waals surface area contributed by atoms with Gasteiger partial charge in [-0.05, 0) is 62.9 Å². The lowest BCUT2D eigenvalue weighted by Crippen LogP contribution is -2.08. The molecule has 0 unspecified atom stereocenters. The molecule has 0 spiro atoms. The van der Waals surface area contributed by atoms with Crippen molar-refractivity contribution in [3.8, 4) is 0 Å². The summed E-state index contributed by atoms with van der Waals surface area (Å²) in [5.74, 6) is -0.201. The van der Waals surface area contributed by atoms with Gasteiger partial charge in [0, 0.05) is 48.7 Å². The van der Waals surface area contributed by atoms with Crippen molar-refractivity contribution in [2.24, 2.45) is 0 Å². The van der Waals surface area contributed by atoms with Crippen LogP contribution in [0.1, 0.15) is 77.0 Å². The van der Waals surface area contributed by atoms with Crippen molar-refractivity contribution in [3.63, 3.8) is 0 Å². The first-order valence-electron chi connectivity index (χ1n) is 14.8. The normalized spacial score (nSPS) is 10.8. The average Bonchev–Trinajstić information content (AvgIpc) is 2.93. The highest BCUT2D eigenvalue weighted by Gasteiger charge is 2.02. The van der Waals surface area contributed by atoms with Gasteiger partial charge in [0.05, 0.1) is 0 Å². The Morgan fingerprint density at radius 2 is 0.721 bits per heavy atom. The van der Waals surface area contributed by atoms with Crippen molar-refractivity contribution in [1.29, 1.82) is 0 Å². The van der Waals surface area contributed by atoms with E-state index in [-0.39, 0.29) is 26.4 Å². The zero-order valence-corrected chi connectivity index (χ0v) is 26.9. The number of unbranched alkanes of at least 4 members (excludes halogenated alkanes) is 8. The molecular weight excluding hydrogens is 608 g/mol. The van der Waals surface area contributed by atoms with E-state index < -0.39 is 34.7 Å². The molecule has 0 aromatic carbocycles. The molecule has 13 nitrogen and oxygen atoms in total. The Bertz CT molecular complexity index is 667. The molecular formula is C28H52O13S2. The number of hydrogen-bond donors (Lipinski definition) is 4. The molecule has 43 heavy (non-hydrogen) atoms. The van der Waals surface area contributed by atoms with E-state index >= 15 is 0 Å². The number of hydrogen-bond acceptors (Lipinski definition) is 10. The largest absolute Gasteiger partial charge is 0.480 e. The number of rotatable bonds is 32. The molecule has 0 heterocycles. The second-order valence-corrected chi connectivity index (χ2v) is 12.4. The molecule has 0 radical (unpaired) electrons. The predicted molar refractivity (Wildman–Crippen MR) is 164 cm³/mol. The van der Waals surface area contributed by atoms with E-state index in [0.717, 1.165) is 88.6 Å². The van der Waals surface area contributed by atoms with E-state index in [9.17, 15) is 23.4 Å². The SMILES string of the molecule is O=C(O)COCCCCCS(=O)CCCCCOCC(=O)O.O=C(O)COCCCCCSCCCCCOCC(=O)O. The first kappa shape index (κ1) is 43.3. The van der Waals surface area contributed by atoms with Gasteiger partial charge in [0.1, 0.15) is 26.4 Å². The van der Waals surface area contributed by atoms with Crippen molar-refractivity contribution in [2.45, 2.75) is 77.0 Å². The molecule has 0 saturated heterocycles. The Hall–Kier alpha value is -1.78. The minimum Gasteiger partial charge on any atom is -0.480 e. The van der Waals surface area contributed by atoms with Crippen LogP contribution in [0.15, 0.2) is 0 Å². The van der Waals surface area contributed by atoms with Crippen LogP contribution in [0, 0.1) is 0 Å². The van der Waals surface area contributed by atoms with E-state index in [1.54, 1.807) is 0 Å². The van der Waals surface area contributed by atoms with Crippen molar-refractivity contribution in [1.82, 2.24) is 0 Å². The Morgan fingerprint density at radius 3 is 1.00 bits per heavy atom. The Balaban J connectivity index is 0. The Morgan fingerprint density at radius 1 is 0.442 bits per heavy atom. The number of carbonyl (C=O) groups is 4. The topological polar surface area (TPSA) is 203 Å². The van der Waals surface area contributed by atoms with E-state index in [0.29, 0.717) is 37.9 Å². The summed E-state index contributed by atoms with van der Waals surface area (Å²) < 4.78 is 31.4. The second-order valence-electron chi connectivity index (χ2n) is 9.49. The number of thioether (sulfide) groups is 1. The van der Waals surface area contributed by atoms with Crippen LogP contribution >= 0.6 is 11.8 Å². The molecule has 0 saturated carbocycles. The molecule has 4 N–H and O–H groups in total. The summed E-state index contributed by atoms with van der Waals surface area (Å²) in [6.45, 7) is 0.964. The molecule has 0 rings (SSSR count). The lowest BCUT2D eigenvalue weighted by Gasteiger charge is -2.04. The third-order valence-electron chi connectivity index (χ3n) is 5.38. The molecule has 0 aliphatic heterocycles. The standard InChI is InChI=1S/C14H26O7S.C14H26O6S/c15-13(16)11-20-7-3-1-5-9-22(19)10-6-2-4-8-21-12-14(17)18;15-13(16)11-19-7-3-1-5-9-21-10-6-2-4-8-20-12-14(17)18/h1-12H2,(H,15,16)(H,17,18);1-12H2,(H,15,16)(H,17,18). The fraction of sp³-hybridized carbons (Fsp3) is 0.857. The molecule has 0 aromatic heterocycles. The summed E-state index contributed by atoms with van der Waals surface area (Å²) in [4.78, 5) is 40.8. The minimum absolute atomic E-state index is 0.203. The van der Waals surface area contributed by atoms with Crippen molar-refractivity contribution >= 4 is 46.4 Å². The third kappa shape index (κ3) is 44.8. The van der Waals surface area contributed by atoms with Gasteiger partial charge in [-0.15, -0.1) is 0 Å². The summed E-state index contributed by atoms with van der Waals surface area (Å²) >= 11 is 1.92.